The van der Waals surface area contributed by atoms with Gasteiger partial charge in [0.05, 0.1) is 0 Å². The van der Waals surface area contributed by atoms with Gasteiger partial charge in [-0.2, -0.15) is 11.8 Å². The Labute approximate surface area is 132 Å². The van der Waals surface area contributed by atoms with Gasteiger partial charge < -0.3 is 0 Å². The summed E-state index contributed by atoms with van der Waals surface area (Å²) in [6.07, 6.45) is 0. The number of hydrogen-bond donors (Lipinski definition) is 0. The van der Waals surface area contributed by atoms with Crippen molar-refractivity contribution in [3.8, 4) is 0 Å². The normalized spacial score (nSPS) is 21.1. The maximum absolute atomic E-state index is 13.9. The molecule has 1 heterocycles. The lowest BCUT2D eigenvalue weighted by Crippen LogP contribution is -2.47. The van der Waals surface area contributed by atoms with Gasteiger partial charge in [-0.1, -0.05) is 28.9 Å². The van der Waals surface area contributed by atoms with Crippen LogP contribution >= 0.6 is 27.7 Å². The van der Waals surface area contributed by atoms with Gasteiger partial charge >= 0.3 is 0 Å². The average molecular weight is 382 g/mol. The molecule has 0 amide bonds. The summed E-state index contributed by atoms with van der Waals surface area (Å²) in [5, 5.41) is -0.505. The van der Waals surface area contributed by atoms with Crippen molar-refractivity contribution >= 4 is 37.5 Å². The van der Waals surface area contributed by atoms with E-state index < -0.39 is 15.2 Å². The molecule has 0 saturated carbocycles. The third-order valence-corrected chi connectivity index (χ3v) is 7.22. The molecule has 1 saturated heterocycles. The van der Waals surface area contributed by atoms with Crippen molar-refractivity contribution in [3.63, 3.8) is 0 Å². The van der Waals surface area contributed by atoms with E-state index in [1.165, 1.54) is 6.07 Å². The van der Waals surface area contributed by atoms with E-state index >= 15 is 0 Å². The number of sulfone groups is 1. The Balaban J connectivity index is 2.21. The summed E-state index contributed by atoms with van der Waals surface area (Å²) < 4.78 is 38.9. The van der Waals surface area contributed by atoms with Crippen LogP contribution in [-0.4, -0.2) is 42.5 Å². The maximum atomic E-state index is 13.9. The first-order chi connectivity index (χ1) is 9.44. The molecule has 1 aliphatic heterocycles. The second-order valence-electron chi connectivity index (χ2n) is 4.69. The van der Waals surface area contributed by atoms with E-state index in [0.29, 0.717) is 28.9 Å². The Morgan fingerprint density at radius 1 is 1.50 bits per heavy atom. The Morgan fingerprint density at radius 3 is 2.90 bits per heavy atom. The van der Waals surface area contributed by atoms with Crippen LogP contribution in [0.2, 0.25) is 0 Å². The van der Waals surface area contributed by atoms with Crippen molar-refractivity contribution in [2.45, 2.75) is 18.8 Å². The van der Waals surface area contributed by atoms with Crippen LogP contribution in [-0.2, 0) is 16.4 Å². The standard InChI is InChI=1S/C13H17BrFNO2S2/c1-2-20(17,18)13-9-19-6-5-16(13)8-10-3-4-11(14)7-12(10)15/h3-4,7,13H,2,5-6,8-9H2,1H3. The number of benzene rings is 1. The molecule has 0 aliphatic carbocycles. The van der Waals surface area contributed by atoms with Crippen molar-refractivity contribution in [1.29, 1.82) is 0 Å². The van der Waals surface area contributed by atoms with Crippen LogP contribution in [0.25, 0.3) is 0 Å². The van der Waals surface area contributed by atoms with E-state index in [2.05, 4.69) is 15.9 Å². The fourth-order valence-electron chi connectivity index (χ4n) is 2.19. The van der Waals surface area contributed by atoms with Crippen molar-refractivity contribution in [2.75, 3.05) is 23.8 Å². The highest BCUT2D eigenvalue weighted by Crippen LogP contribution is 2.25. The van der Waals surface area contributed by atoms with Crippen LogP contribution in [0, 0.1) is 5.82 Å². The zero-order valence-corrected chi connectivity index (χ0v) is 14.4. The Kier molecular flexibility index (Phi) is 5.50. The van der Waals surface area contributed by atoms with Crippen LogP contribution in [0.3, 0.4) is 0 Å². The molecule has 3 nitrogen and oxygen atoms in total. The van der Waals surface area contributed by atoms with Gasteiger partial charge in [0, 0.05) is 40.4 Å². The smallest absolute Gasteiger partial charge is 0.166 e. The van der Waals surface area contributed by atoms with E-state index in [4.69, 9.17) is 0 Å². The van der Waals surface area contributed by atoms with Gasteiger partial charge in [0.15, 0.2) is 9.84 Å². The number of hydrogen-bond acceptors (Lipinski definition) is 4. The molecule has 1 aromatic rings. The molecular formula is C13H17BrFNO2S2. The molecule has 0 spiro atoms. The Hall–Kier alpha value is -0.110. The molecule has 1 fully saturated rings. The lowest BCUT2D eigenvalue weighted by Gasteiger charge is -2.34. The molecule has 7 heteroatoms. The molecule has 1 unspecified atom stereocenters. The third-order valence-electron chi connectivity index (χ3n) is 3.40. The highest BCUT2D eigenvalue weighted by Gasteiger charge is 2.33. The largest absolute Gasteiger partial charge is 0.281 e. The summed E-state index contributed by atoms with van der Waals surface area (Å²) in [5.41, 5.74) is 0.538. The van der Waals surface area contributed by atoms with Gasteiger partial charge in [0.1, 0.15) is 11.2 Å². The lowest BCUT2D eigenvalue weighted by atomic mass is 10.2. The number of thioether (sulfide) groups is 1. The molecule has 1 aromatic carbocycles. The first kappa shape index (κ1) is 16.3. The molecule has 0 aromatic heterocycles. The highest BCUT2D eigenvalue weighted by molar-refractivity contribution is 9.10. The highest BCUT2D eigenvalue weighted by atomic mass is 79.9. The number of rotatable bonds is 4. The molecule has 1 aliphatic rings. The minimum atomic E-state index is -3.14. The van der Waals surface area contributed by atoms with E-state index in [0.717, 1.165) is 5.75 Å². The zero-order chi connectivity index (χ0) is 14.8. The van der Waals surface area contributed by atoms with E-state index in [1.807, 2.05) is 4.90 Å². The number of nitrogens with zero attached hydrogens (tertiary/aromatic N) is 1. The number of halogens is 2. The SMILES string of the molecule is CCS(=O)(=O)C1CSCCN1Cc1ccc(Br)cc1F. The van der Waals surface area contributed by atoms with Crippen molar-refractivity contribution in [3.05, 3.63) is 34.1 Å². The summed E-state index contributed by atoms with van der Waals surface area (Å²) in [7, 11) is -3.14. The Morgan fingerprint density at radius 2 is 2.25 bits per heavy atom. The minimum Gasteiger partial charge on any atom is -0.281 e. The molecule has 0 bridgehead atoms. The van der Waals surface area contributed by atoms with Gasteiger partial charge in [-0.3, -0.25) is 4.90 Å². The van der Waals surface area contributed by atoms with Crippen LogP contribution in [0.15, 0.2) is 22.7 Å². The first-order valence-electron chi connectivity index (χ1n) is 6.41. The summed E-state index contributed by atoms with van der Waals surface area (Å²) in [5.74, 6) is 1.27. The average Bonchev–Trinajstić information content (AvgIpc) is 2.42. The van der Waals surface area contributed by atoms with Crippen molar-refractivity contribution < 1.29 is 12.8 Å². The molecule has 20 heavy (non-hydrogen) atoms. The molecular weight excluding hydrogens is 365 g/mol. The molecule has 112 valence electrons. The van der Waals surface area contributed by atoms with Gasteiger partial charge in [0.2, 0.25) is 0 Å². The van der Waals surface area contributed by atoms with Gasteiger partial charge in [-0.05, 0) is 12.1 Å². The van der Waals surface area contributed by atoms with Crippen LogP contribution < -0.4 is 0 Å². The third kappa shape index (κ3) is 3.75. The predicted molar refractivity (Wildman–Crippen MR) is 85.1 cm³/mol. The van der Waals surface area contributed by atoms with E-state index in [1.54, 1.807) is 30.8 Å². The van der Waals surface area contributed by atoms with Gasteiger partial charge in [-0.15, -0.1) is 0 Å². The second kappa shape index (κ2) is 6.77. The van der Waals surface area contributed by atoms with Crippen molar-refractivity contribution in [2.24, 2.45) is 0 Å². The minimum absolute atomic E-state index is 0.123. The zero-order valence-electron chi connectivity index (χ0n) is 11.2. The predicted octanol–water partition coefficient (Wildman–Crippen LogP) is 2.90. The summed E-state index contributed by atoms with van der Waals surface area (Å²) >= 11 is 4.87. The second-order valence-corrected chi connectivity index (χ2v) is 9.20. The fraction of sp³-hybridized carbons (Fsp3) is 0.538. The summed E-state index contributed by atoms with van der Waals surface area (Å²) in [6.45, 7) is 2.67. The molecule has 1 atom stereocenters. The maximum Gasteiger partial charge on any atom is 0.166 e. The first-order valence-corrected chi connectivity index (χ1v) is 10.1. The lowest BCUT2D eigenvalue weighted by molar-refractivity contribution is 0.258. The van der Waals surface area contributed by atoms with E-state index in [-0.39, 0.29) is 11.6 Å². The van der Waals surface area contributed by atoms with Gasteiger partial charge in [0.25, 0.3) is 0 Å². The van der Waals surface area contributed by atoms with Crippen LogP contribution in [0.4, 0.5) is 4.39 Å². The quantitative estimate of drug-likeness (QED) is 0.803. The van der Waals surface area contributed by atoms with Gasteiger partial charge in [-0.25, -0.2) is 12.8 Å². The van der Waals surface area contributed by atoms with Crippen LogP contribution in [0.1, 0.15) is 12.5 Å². The topological polar surface area (TPSA) is 37.4 Å². The van der Waals surface area contributed by atoms with Crippen molar-refractivity contribution in [1.82, 2.24) is 4.90 Å². The summed E-state index contributed by atoms with van der Waals surface area (Å²) in [4.78, 5) is 1.88. The Bertz CT molecular complexity index is 580. The molecule has 0 N–H and O–H groups in total. The van der Waals surface area contributed by atoms with Crippen LogP contribution in [0.5, 0.6) is 0 Å². The summed E-state index contributed by atoms with van der Waals surface area (Å²) in [6, 6.07) is 4.90. The molecule has 0 radical (unpaired) electrons. The fourth-order valence-corrected chi connectivity index (χ4v) is 5.60. The monoisotopic (exact) mass is 381 g/mol. The molecule has 2 rings (SSSR count). The van der Waals surface area contributed by atoms with E-state index in [9.17, 15) is 12.8 Å².